The summed E-state index contributed by atoms with van der Waals surface area (Å²) in [4.78, 5) is 24.9. The van der Waals surface area contributed by atoms with Crippen molar-refractivity contribution in [2.75, 3.05) is 0 Å². The summed E-state index contributed by atoms with van der Waals surface area (Å²) in [5, 5.41) is 9.33. The summed E-state index contributed by atoms with van der Waals surface area (Å²) in [7, 11) is 0. The molecule has 5 heteroatoms. The van der Waals surface area contributed by atoms with Crippen molar-refractivity contribution in [2.45, 2.75) is 38.8 Å². The first-order valence-electron chi connectivity index (χ1n) is 6.33. The Morgan fingerprint density at radius 3 is 2.84 bits per heavy atom. The molecule has 1 aliphatic rings. The Balaban J connectivity index is 2.35. The molecular formula is C14H16BrNO3. The summed E-state index contributed by atoms with van der Waals surface area (Å²) < 4.78 is 0.916. The molecule has 1 aromatic rings. The largest absolute Gasteiger partial charge is 0.480 e. The lowest BCUT2D eigenvalue weighted by Gasteiger charge is -2.35. The van der Waals surface area contributed by atoms with Crippen molar-refractivity contribution in [1.82, 2.24) is 4.90 Å². The van der Waals surface area contributed by atoms with Gasteiger partial charge in [0.15, 0.2) is 0 Å². The number of aliphatic carboxylic acids is 1. The van der Waals surface area contributed by atoms with E-state index in [-0.39, 0.29) is 5.91 Å². The standard InChI is InChI=1S/C14H16BrNO3/c1-2-4-13(17)16-8-9-5-3-6-11(15)10(9)7-12(16)14(18)19/h3,5-6,12H,2,4,7-8H2,1H3,(H,18,19). The number of fused-ring (bicyclic) bond motifs is 1. The van der Waals surface area contributed by atoms with Crippen LogP contribution in [-0.2, 0) is 22.6 Å². The molecule has 0 spiro atoms. The van der Waals surface area contributed by atoms with Gasteiger partial charge in [-0.05, 0) is 23.6 Å². The molecule has 0 fully saturated rings. The Kier molecular flexibility index (Phi) is 4.24. The fraction of sp³-hybridized carbons (Fsp3) is 0.429. The molecule has 2 rings (SSSR count). The predicted octanol–water partition coefficient (Wildman–Crippen LogP) is 2.59. The van der Waals surface area contributed by atoms with Crippen molar-refractivity contribution in [3.63, 3.8) is 0 Å². The summed E-state index contributed by atoms with van der Waals surface area (Å²) in [5.41, 5.74) is 2.02. The van der Waals surface area contributed by atoms with Crippen LogP contribution in [0.2, 0.25) is 0 Å². The zero-order chi connectivity index (χ0) is 14.0. The second kappa shape index (κ2) is 5.74. The van der Waals surface area contributed by atoms with Crippen LogP contribution < -0.4 is 0 Å². The Morgan fingerprint density at radius 1 is 1.47 bits per heavy atom. The minimum atomic E-state index is -0.939. The van der Waals surface area contributed by atoms with Crippen LogP contribution in [0, 0.1) is 0 Å². The summed E-state index contributed by atoms with van der Waals surface area (Å²) >= 11 is 3.45. The van der Waals surface area contributed by atoms with E-state index in [9.17, 15) is 14.7 Å². The smallest absolute Gasteiger partial charge is 0.326 e. The number of benzene rings is 1. The number of carbonyl (C=O) groups is 2. The van der Waals surface area contributed by atoms with Crippen LogP contribution in [0.15, 0.2) is 22.7 Å². The lowest BCUT2D eigenvalue weighted by Crippen LogP contribution is -2.48. The first kappa shape index (κ1) is 14.1. The number of halogens is 1. The molecule has 0 radical (unpaired) electrons. The van der Waals surface area contributed by atoms with Crippen molar-refractivity contribution in [3.05, 3.63) is 33.8 Å². The number of carbonyl (C=O) groups excluding carboxylic acids is 1. The second-order valence-electron chi connectivity index (χ2n) is 4.71. The Bertz CT molecular complexity index is 515. The van der Waals surface area contributed by atoms with Gasteiger partial charge in [0.25, 0.3) is 0 Å². The molecule has 102 valence electrons. The molecular weight excluding hydrogens is 310 g/mol. The number of nitrogens with zero attached hydrogens (tertiary/aromatic N) is 1. The quantitative estimate of drug-likeness (QED) is 0.929. The monoisotopic (exact) mass is 325 g/mol. The highest BCUT2D eigenvalue weighted by atomic mass is 79.9. The van der Waals surface area contributed by atoms with E-state index < -0.39 is 12.0 Å². The molecule has 1 aliphatic heterocycles. The Labute approximate surface area is 120 Å². The Morgan fingerprint density at radius 2 is 2.21 bits per heavy atom. The van der Waals surface area contributed by atoms with Gasteiger partial charge in [0.2, 0.25) is 5.91 Å². The minimum absolute atomic E-state index is 0.0828. The fourth-order valence-electron chi connectivity index (χ4n) is 2.42. The van der Waals surface area contributed by atoms with E-state index in [0.717, 1.165) is 22.0 Å². The van der Waals surface area contributed by atoms with Gasteiger partial charge in [-0.25, -0.2) is 4.79 Å². The Hall–Kier alpha value is -1.36. The summed E-state index contributed by atoms with van der Waals surface area (Å²) in [6.45, 7) is 2.30. The van der Waals surface area contributed by atoms with Gasteiger partial charge in [-0.15, -0.1) is 0 Å². The van der Waals surface area contributed by atoms with E-state index in [4.69, 9.17) is 0 Å². The summed E-state index contributed by atoms with van der Waals surface area (Å²) in [6.07, 6.45) is 1.49. The number of hydrogen-bond acceptors (Lipinski definition) is 2. The van der Waals surface area contributed by atoms with Gasteiger partial charge in [0.1, 0.15) is 6.04 Å². The summed E-state index contributed by atoms with van der Waals surface area (Å²) in [6, 6.07) is 5.00. The van der Waals surface area contributed by atoms with E-state index >= 15 is 0 Å². The van der Waals surface area contributed by atoms with Crippen molar-refractivity contribution in [3.8, 4) is 0 Å². The van der Waals surface area contributed by atoms with E-state index in [1.807, 2.05) is 25.1 Å². The van der Waals surface area contributed by atoms with Crippen molar-refractivity contribution in [2.24, 2.45) is 0 Å². The highest BCUT2D eigenvalue weighted by molar-refractivity contribution is 9.10. The molecule has 1 N–H and O–H groups in total. The summed E-state index contributed by atoms with van der Waals surface area (Å²) in [5.74, 6) is -1.02. The fourth-order valence-corrected chi connectivity index (χ4v) is 2.99. The predicted molar refractivity (Wildman–Crippen MR) is 74.7 cm³/mol. The first-order valence-corrected chi connectivity index (χ1v) is 7.12. The van der Waals surface area contributed by atoms with Crippen molar-refractivity contribution < 1.29 is 14.7 Å². The molecule has 0 aromatic heterocycles. The molecule has 0 saturated carbocycles. The maximum absolute atomic E-state index is 12.1. The van der Waals surface area contributed by atoms with Crippen LogP contribution in [-0.4, -0.2) is 27.9 Å². The number of rotatable bonds is 3. The average Bonchev–Trinajstić information content (AvgIpc) is 2.38. The molecule has 4 nitrogen and oxygen atoms in total. The van der Waals surface area contributed by atoms with Crippen LogP contribution in [0.25, 0.3) is 0 Å². The third kappa shape index (κ3) is 2.81. The molecule has 0 saturated heterocycles. The van der Waals surface area contributed by atoms with Crippen LogP contribution in [0.5, 0.6) is 0 Å². The van der Waals surface area contributed by atoms with Gasteiger partial charge >= 0.3 is 5.97 Å². The number of carboxylic acid groups (broad SMARTS) is 1. The molecule has 1 aromatic carbocycles. The highest BCUT2D eigenvalue weighted by Gasteiger charge is 2.34. The molecule has 1 amide bonds. The van der Waals surface area contributed by atoms with Crippen molar-refractivity contribution in [1.29, 1.82) is 0 Å². The van der Waals surface area contributed by atoms with E-state index in [1.165, 1.54) is 4.90 Å². The van der Waals surface area contributed by atoms with E-state index in [0.29, 0.717) is 19.4 Å². The van der Waals surface area contributed by atoms with Gasteiger partial charge in [-0.2, -0.15) is 0 Å². The molecule has 1 unspecified atom stereocenters. The second-order valence-corrected chi connectivity index (χ2v) is 5.56. The van der Waals surface area contributed by atoms with Crippen LogP contribution in [0.1, 0.15) is 30.9 Å². The van der Waals surface area contributed by atoms with Crippen LogP contribution >= 0.6 is 15.9 Å². The maximum Gasteiger partial charge on any atom is 0.326 e. The topological polar surface area (TPSA) is 57.6 Å². The lowest BCUT2D eigenvalue weighted by molar-refractivity contribution is -0.151. The van der Waals surface area contributed by atoms with Gasteiger partial charge in [-0.1, -0.05) is 35.0 Å². The van der Waals surface area contributed by atoms with Gasteiger partial charge in [0, 0.05) is 23.9 Å². The minimum Gasteiger partial charge on any atom is -0.480 e. The molecule has 0 bridgehead atoms. The van der Waals surface area contributed by atoms with E-state index in [2.05, 4.69) is 15.9 Å². The SMILES string of the molecule is CCCC(=O)N1Cc2cccc(Br)c2CC1C(=O)O. The van der Waals surface area contributed by atoms with Crippen LogP contribution in [0.3, 0.4) is 0 Å². The van der Waals surface area contributed by atoms with Crippen LogP contribution in [0.4, 0.5) is 0 Å². The maximum atomic E-state index is 12.1. The zero-order valence-corrected chi connectivity index (χ0v) is 12.3. The number of hydrogen-bond donors (Lipinski definition) is 1. The third-order valence-electron chi connectivity index (χ3n) is 3.40. The molecule has 1 heterocycles. The zero-order valence-electron chi connectivity index (χ0n) is 10.7. The third-order valence-corrected chi connectivity index (χ3v) is 4.14. The lowest BCUT2D eigenvalue weighted by atomic mass is 9.93. The normalized spacial score (nSPS) is 18.0. The van der Waals surface area contributed by atoms with E-state index in [1.54, 1.807) is 0 Å². The van der Waals surface area contributed by atoms with Crippen molar-refractivity contribution >= 4 is 27.8 Å². The highest BCUT2D eigenvalue weighted by Crippen LogP contribution is 2.30. The molecule has 0 aliphatic carbocycles. The van der Waals surface area contributed by atoms with Gasteiger partial charge in [-0.3, -0.25) is 4.79 Å². The number of amides is 1. The molecule has 1 atom stereocenters. The number of carboxylic acids is 1. The first-order chi connectivity index (χ1) is 9.04. The van der Waals surface area contributed by atoms with Gasteiger partial charge < -0.3 is 10.0 Å². The molecule has 19 heavy (non-hydrogen) atoms. The van der Waals surface area contributed by atoms with Gasteiger partial charge in [0.05, 0.1) is 0 Å². The average molecular weight is 326 g/mol.